The highest BCUT2D eigenvalue weighted by Crippen LogP contribution is 2.32. The van der Waals surface area contributed by atoms with Crippen LogP contribution in [0.2, 0.25) is 0 Å². The minimum atomic E-state index is -0.582. The molecule has 1 aromatic carbocycles. The van der Waals surface area contributed by atoms with E-state index in [-0.39, 0.29) is 5.91 Å². The van der Waals surface area contributed by atoms with E-state index in [1.54, 1.807) is 4.90 Å². The van der Waals surface area contributed by atoms with Gasteiger partial charge in [0, 0.05) is 38.9 Å². The first kappa shape index (κ1) is 17.8. The van der Waals surface area contributed by atoms with Crippen LogP contribution in [0.3, 0.4) is 0 Å². The number of anilines is 1. The normalized spacial score (nSPS) is 20.7. The number of amides is 1. The monoisotopic (exact) mass is 340 g/mol. The second-order valence-corrected chi connectivity index (χ2v) is 7.26. The topological polar surface area (TPSA) is 50.6 Å². The summed E-state index contributed by atoms with van der Waals surface area (Å²) in [7, 11) is 1.82. The van der Waals surface area contributed by atoms with Crippen molar-refractivity contribution in [2.24, 2.45) is 0 Å². The van der Waals surface area contributed by atoms with Crippen molar-refractivity contribution >= 4 is 11.6 Å². The second kappa shape index (κ2) is 7.88. The van der Waals surface area contributed by atoms with Crippen LogP contribution in [0, 0.1) is 11.3 Å². The SMILES string of the molecule is CN(C(=O)CN1CCN(c2ccccc2)CC1)C1(C#N)CCCCC1. The molecule has 1 aliphatic carbocycles. The largest absolute Gasteiger partial charge is 0.369 e. The first-order valence-corrected chi connectivity index (χ1v) is 9.35. The van der Waals surface area contributed by atoms with Crippen LogP contribution in [0.5, 0.6) is 0 Å². The fraction of sp³-hybridized carbons (Fsp3) is 0.600. The van der Waals surface area contributed by atoms with Crippen molar-refractivity contribution in [1.29, 1.82) is 5.26 Å². The van der Waals surface area contributed by atoms with Gasteiger partial charge in [-0.05, 0) is 25.0 Å². The summed E-state index contributed by atoms with van der Waals surface area (Å²) in [6.45, 7) is 4.05. The van der Waals surface area contributed by atoms with Crippen LogP contribution >= 0.6 is 0 Å². The van der Waals surface area contributed by atoms with Crippen LogP contribution < -0.4 is 4.90 Å². The third kappa shape index (κ3) is 3.96. The number of carbonyl (C=O) groups excluding carboxylic acids is 1. The Morgan fingerprint density at radius 1 is 1.12 bits per heavy atom. The van der Waals surface area contributed by atoms with E-state index in [1.807, 2.05) is 13.1 Å². The zero-order chi connectivity index (χ0) is 17.7. The maximum absolute atomic E-state index is 12.7. The van der Waals surface area contributed by atoms with Gasteiger partial charge in [-0.15, -0.1) is 0 Å². The number of nitriles is 1. The van der Waals surface area contributed by atoms with Crippen LogP contribution in [0.15, 0.2) is 30.3 Å². The van der Waals surface area contributed by atoms with Crippen molar-refractivity contribution < 1.29 is 4.79 Å². The number of hydrogen-bond acceptors (Lipinski definition) is 4. The number of para-hydroxylation sites is 1. The lowest BCUT2D eigenvalue weighted by Crippen LogP contribution is -2.55. The molecule has 1 aliphatic heterocycles. The van der Waals surface area contributed by atoms with Gasteiger partial charge in [0.1, 0.15) is 5.54 Å². The summed E-state index contributed by atoms with van der Waals surface area (Å²) in [6.07, 6.45) is 4.88. The fourth-order valence-corrected chi connectivity index (χ4v) is 4.00. The zero-order valence-corrected chi connectivity index (χ0v) is 15.2. The number of rotatable bonds is 4. The van der Waals surface area contributed by atoms with Gasteiger partial charge in [-0.25, -0.2) is 0 Å². The number of hydrogen-bond donors (Lipinski definition) is 0. The van der Waals surface area contributed by atoms with Crippen molar-refractivity contribution in [1.82, 2.24) is 9.80 Å². The summed E-state index contributed by atoms with van der Waals surface area (Å²) in [4.78, 5) is 19.1. The molecule has 0 N–H and O–H groups in total. The average Bonchev–Trinajstić information content (AvgIpc) is 2.69. The summed E-state index contributed by atoms with van der Waals surface area (Å²) in [6, 6.07) is 12.9. The van der Waals surface area contributed by atoms with Crippen LogP contribution in [-0.4, -0.2) is 61.0 Å². The third-order valence-electron chi connectivity index (χ3n) is 5.76. The molecule has 1 heterocycles. The Labute approximate surface area is 150 Å². The summed E-state index contributed by atoms with van der Waals surface area (Å²) in [5.41, 5.74) is 0.664. The third-order valence-corrected chi connectivity index (χ3v) is 5.76. The van der Waals surface area contributed by atoms with Crippen LogP contribution in [0.4, 0.5) is 5.69 Å². The average molecular weight is 340 g/mol. The van der Waals surface area contributed by atoms with Crippen LogP contribution in [0.25, 0.3) is 0 Å². The Morgan fingerprint density at radius 3 is 2.36 bits per heavy atom. The first-order valence-electron chi connectivity index (χ1n) is 9.35. The number of benzene rings is 1. The van der Waals surface area contributed by atoms with Gasteiger partial charge in [0.2, 0.25) is 5.91 Å². The highest BCUT2D eigenvalue weighted by molar-refractivity contribution is 5.79. The summed E-state index contributed by atoms with van der Waals surface area (Å²) >= 11 is 0. The molecule has 0 atom stereocenters. The molecular weight excluding hydrogens is 312 g/mol. The Morgan fingerprint density at radius 2 is 1.76 bits per heavy atom. The Hall–Kier alpha value is -2.06. The lowest BCUT2D eigenvalue weighted by Gasteiger charge is -2.41. The highest BCUT2D eigenvalue weighted by atomic mass is 16.2. The second-order valence-electron chi connectivity index (χ2n) is 7.26. The van der Waals surface area contributed by atoms with Crippen LogP contribution in [0.1, 0.15) is 32.1 Å². The predicted octanol–water partition coefficient (Wildman–Crippen LogP) is 2.49. The van der Waals surface area contributed by atoms with E-state index >= 15 is 0 Å². The lowest BCUT2D eigenvalue weighted by atomic mass is 9.81. The van der Waals surface area contributed by atoms with Gasteiger partial charge in [0.05, 0.1) is 12.6 Å². The van der Waals surface area contributed by atoms with Crippen molar-refractivity contribution in [3.63, 3.8) is 0 Å². The molecule has 0 spiro atoms. The zero-order valence-electron chi connectivity index (χ0n) is 15.2. The molecule has 0 radical (unpaired) electrons. The van der Waals surface area contributed by atoms with Gasteiger partial charge >= 0.3 is 0 Å². The number of likely N-dealkylation sites (N-methyl/N-ethyl adjacent to an activating group) is 1. The van der Waals surface area contributed by atoms with E-state index in [2.05, 4.69) is 40.1 Å². The van der Waals surface area contributed by atoms with E-state index in [4.69, 9.17) is 0 Å². The molecule has 1 aromatic rings. The van der Waals surface area contributed by atoms with E-state index in [0.29, 0.717) is 6.54 Å². The molecule has 1 saturated heterocycles. The molecule has 134 valence electrons. The highest BCUT2D eigenvalue weighted by Gasteiger charge is 2.39. The molecule has 2 fully saturated rings. The Kier molecular flexibility index (Phi) is 5.60. The van der Waals surface area contributed by atoms with Gasteiger partial charge < -0.3 is 9.80 Å². The number of nitrogens with zero attached hydrogens (tertiary/aromatic N) is 4. The van der Waals surface area contributed by atoms with E-state index < -0.39 is 5.54 Å². The predicted molar refractivity (Wildman–Crippen MR) is 99.3 cm³/mol. The van der Waals surface area contributed by atoms with Gasteiger partial charge in [-0.3, -0.25) is 9.69 Å². The lowest BCUT2D eigenvalue weighted by molar-refractivity contribution is -0.136. The minimum absolute atomic E-state index is 0.0802. The molecule has 3 rings (SSSR count). The number of piperazine rings is 1. The van der Waals surface area contributed by atoms with Gasteiger partial charge in [-0.1, -0.05) is 37.5 Å². The quantitative estimate of drug-likeness (QED) is 0.845. The standard InChI is InChI=1S/C20H28N4O/c1-22(20(17-21)10-6-3-7-11-20)19(25)16-23-12-14-24(15-13-23)18-8-4-2-5-9-18/h2,4-5,8-9H,3,6-7,10-16H2,1H3. The molecule has 0 aromatic heterocycles. The van der Waals surface area contributed by atoms with Crippen LogP contribution in [-0.2, 0) is 4.79 Å². The van der Waals surface area contributed by atoms with Crippen molar-refractivity contribution in [2.75, 3.05) is 44.7 Å². The van der Waals surface area contributed by atoms with Gasteiger partial charge in [0.25, 0.3) is 0 Å². The molecule has 0 bridgehead atoms. The van der Waals surface area contributed by atoms with E-state index in [9.17, 15) is 10.1 Å². The van der Waals surface area contributed by atoms with Gasteiger partial charge in [-0.2, -0.15) is 5.26 Å². The summed E-state index contributed by atoms with van der Waals surface area (Å²) in [5.74, 6) is 0.0802. The smallest absolute Gasteiger partial charge is 0.237 e. The molecule has 1 amide bonds. The molecule has 25 heavy (non-hydrogen) atoms. The summed E-state index contributed by atoms with van der Waals surface area (Å²) < 4.78 is 0. The van der Waals surface area contributed by atoms with Crippen molar-refractivity contribution in [2.45, 2.75) is 37.6 Å². The maximum Gasteiger partial charge on any atom is 0.237 e. The Balaban J connectivity index is 1.53. The van der Waals surface area contributed by atoms with Crippen molar-refractivity contribution in [3.05, 3.63) is 30.3 Å². The van der Waals surface area contributed by atoms with E-state index in [0.717, 1.165) is 51.9 Å². The minimum Gasteiger partial charge on any atom is -0.369 e. The molecule has 0 unspecified atom stereocenters. The molecular formula is C20H28N4O. The molecule has 5 nitrogen and oxygen atoms in total. The maximum atomic E-state index is 12.7. The van der Waals surface area contributed by atoms with Gasteiger partial charge in [0.15, 0.2) is 0 Å². The molecule has 5 heteroatoms. The summed E-state index contributed by atoms with van der Waals surface area (Å²) in [5, 5.41) is 9.66. The first-order chi connectivity index (χ1) is 12.1. The van der Waals surface area contributed by atoms with E-state index in [1.165, 1.54) is 12.1 Å². The molecule has 2 aliphatic rings. The Bertz CT molecular complexity index is 610. The number of carbonyl (C=O) groups is 1. The van der Waals surface area contributed by atoms with Crippen molar-refractivity contribution in [3.8, 4) is 6.07 Å². The molecule has 1 saturated carbocycles. The fourth-order valence-electron chi connectivity index (χ4n) is 4.00.